The van der Waals surface area contributed by atoms with E-state index in [1.807, 2.05) is 38.1 Å². The van der Waals surface area contributed by atoms with E-state index >= 15 is 0 Å². The summed E-state index contributed by atoms with van der Waals surface area (Å²) in [6.45, 7) is 3.77. The molecule has 0 atom stereocenters. The van der Waals surface area contributed by atoms with E-state index in [0.29, 0.717) is 44.0 Å². The number of fused-ring (bicyclic) bond motifs is 1. The Balaban J connectivity index is 1.57. The van der Waals surface area contributed by atoms with E-state index in [2.05, 4.69) is 15.6 Å². The van der Waals surface area contributed by atoms with E-state index < -0.39 is 0 Å². The molecule has 1 heterocycles. The molecule has 9 heteroatoms. The highest BCUT2D eigenvalue weighted by Gasteiger charge is 2.18. The monoisotopic (exact) mass is 499 g/mol. The van der Waals surface area contributed by atoms with Crippen molar-refractivity contribution in [2.24, 2.45) is 0 Å². The molecule has 6 nitrogen and oxygen atoms in total. The fourth-order valence-corrected chi connectivity index (χ4v) is 4.23. The Morgan fingerprint density at radius 3 is 2.64 bits per heavy atom. The third-order valence-corrected chi connectivity index (χ3v) is 5.81. The van der Waals surface area contributed by atoms with E-state index in [1.54, 1.807) is 24.3 Å². The van der Waals surface area contributed by atoms with Crippen LogP contribution in [0.5, 0.6) is 5.75 Å². The molecule has 33 heavy (non-hydrogen) atoms. The molecular formula is C24H19Cl2N3O3S. The van der Waals surface area contributed by atoms with Gasteiger partial charge in [0.15, 0.2) is 10.7 Å². The van der Waals surface area contributed by atoms with Crippen molar-refractivity contribution in [3.8, 4) is 17.2 Å². The second-order valence-corrected chi connectivity index (χ2v) is 8.55. The molecule has 4 rings (SSSR count). The number of nitrogens with one attached hydrogen (secondary N) is 2. The zero-order chi connectivity index (χ0) is 23.7. The number of benzene rings is 3. The summed E-state index contributed by atoms with van der Waals surface area (Å²) in [7, 11) is 1.53. The number of aromatic nitrogens is 1. The molecular weight excluding hydrogens is 481 g/mol. The van der Waals surface area contributed by atoms with Gasteiger partial charge in [-0.3, -0.25) is 10.1 Å². The standard InChI is InChI=1S/C24H19Cl2N3O3S/c1-12-6-4-8-16(20(12)31-3)22(30)29-24(33)28-18-9-5-7-15(13(18)2)23-27-19-11-14(25)10-17(26)21(19)32-23/h4-11H,1-3H3,(H2,28,29,30,33). The summed E-state index contributed by atoms with van der Waals surface area (Å²) in [5.41, 5.74) is 4.55. The molecule has 0 radical (unpaired) electrons. The molecule has 1 aromatic heterocycles. The summed E-state index contributed by atoms with van der Waals surface area (Å²) < 4.78 is 11.3. The van der Waals surface area contributed by atoms with Gasteiger partial charge in [0.05, 0.1) is 17.7 Å². The molecule has 0 unspecified atom stereocenters. The molecule has 1 amide bonds. The number of hydrogen-bond donors (Lipinski definition) is 2. The van der Waals surface area contributed by atoms with Crippen LogP contribution in [0.15, 0.2) is 52.9 Å². The first-order chi connectivity index (χ1) is 15.8. The molecule has 4 aromatic rings. The Labute approximate surface area is 205 Å². The maximum Gasteiger partial charge on any atom is 0.261 e. The van der Waals surface area contributed by atoms with E-state index in [9.17, 15) is 4.79 Å². The van der Waals surface area contributed by atoms with Crippen LogP contribution in [0.1, 0.15) is 21.5 Å². The Hall–Kier alpha value is -3.13. The fraction of sp³-hybridized carbons (Fsp3) is 0.125. The topological polar surface area (TPSA) is 76.4 Å². The second kappa shape index (κ2) is 9.39. The summed E-state index contributed by atoms with van der Waals surface area (Å²) in [6, 6.07) is 14.2. The number of halogens is 2. The van der Waals surface area contributed by atoms with Gasteiger partial charge in [-0.05, 0) is 67.5 Å². The van der Waals surface area contributed by atoms with Gasteiger partial charge >= 0.3 is 0 Å². The molecule has 0 spiro atoms. The van der Waals surface area contributed by atoms with Gasteiger partial charge in [0, 0.05) is 16.3 Å². The fourth-order valence-electron chi connectivity index (χ4n) is 3.50. The number of oxazole rings is 1. The number of amides is 1. The molecule has 0 bridgehead atoms. The predicted octanol–water partition coefficient (Wildman–Crippen LogP) is 6.55. The van der Waals surface area contributed by atoms with Crippen LogP contribution in [-0.4, -0.2) is 23.1 Å². The van der Waals surface area contributed by atoms with E-state index in [0.717, 1.165) is 16.7 Å². The number of ether oxygens (including phenoxy) is 1. The van der Waals surface area contributed by atoms with E-state index in [-0.39, 0.29) is 11.0 Å². The molecule has 3 aromatic carbocycles. The number of methoxy groups -OCH3 is 1. The van der Waals surface area contributed by atoms with Gasteiger partial charge in [-0.2, -0.15) is 0 Å². The molecule has 0 aliphatic rings. The highest BCUT2D eigenvalue weighted by Crippen LogP contribution is 2.34. The maximum atomic E-state index is 12.7. The first kappa shape index (κ1) is 23.0. The van der Waals surface area contributed by atoms with Crippen LogP contribution in [-0.2, 0) is 0 Å². The van der Waals surface area contributed by atoms with Gasteiger partial charge in [0.2, 0.25) is 5.89 Å². The average Bonchev–Trinajstić information content (AvgIpc) is 3.19. The number of thiocarbonyl (C=S) groups is 1. The summed E-state index contributed by atoms with van der Waals surface area (Å²) in [5, 5.41) is 6.78. The lowest BCUT2D eigenvalue weighted by atomic mass is 10.1. The molecule has 2 N–H and O–H groups in total. The van der Waals surface area contributed by atoms with Crippen molar-refractivity contribution in [2.45, 2.75) is 13.8 Å². The Kier molecular flexibility index (Phi) is 6.56. The van der Waals surface area contributed by atoms with Crippen molar-refractivity contribution in [1.29, 1.82) is 0 Å². The largest absolute Gasteiger partial charge is 0.496 e. The zero-order valence-corrected chi connectivity index (χ0v) is 20.3. The molecule has 0 fully saturated rings. The maximum absolute atomic E-state index is 12.7. The van der Waals surface area contributed by atoms with Gasteiger partial charge in [0.1, 0.15) is 11.3 Å². The number of carbonyl (C=O) groups is 1. The van der Waals surface area contributed by atoms with Gasteiger partial charge < -0.3 is 14.5 Å². The lowest BCUT2D eigenvalue weighted by molar-refractivity contribution is 0.0974. The third-order valence-electron chi connectivity index (χ3n) is 5.11. The van der Waals surface area contributed by atoms with Crippen molar-refractivity contribution in [3.63, 3.8) is 0 Å². The minimum atomic E-state index is -0.368. The summed E-state index contributed by atoms with van der Waals surface area (Å²) in [4.78, 5) is 17.3. The average molecular weight is 500 g/mol. The molecule has 0 aliphatic carbocycles. The van der Waals surface area contributed by atoms with Crippen molar-refractivity contribution >= 4 is 63.2 Å². The van der Waals surface area contributed by atoms with Crippen LogP contribution in [0.3, 0.4) is 0 Å². The SMILES string of the molecule is COc1c(C)cccc1C(=O)NC(=S)Nc1cccc(-c2nc3cc(Cl)cc(Cl)c3o2)c1C. The van der Waals surface area contributed by atoms with Crippen LogP contribution in [0.25, 0.3) is 22.6 Å². The summed E-state index contributed by atoms with van der Waals surface area (Å²) >= 11 is 17.7. The number of aryl methyl sites for hydroxylation is 1. The minimum Gasteiger partial charge on any atom is -0.496 e. The lowest BCUT2D eigenvalue weighted by Crippen LogP contribution is -2.34. The summed E-state index contributed by atoms with van der Waals surface area (Å²) in [5.74, 6) is 0.535. The van der Waals surface area contributed by atoms with Crippen LogP contribution in [0, 0.1) is 13.8 Å². The van der Waals surface area contributed by atoms with Crippen LogP contribution >= 0.6 is 35.4 Å². The predicted molar refractivity (Wildman–Crippen MR) is 136 cm³/mol. The lowest BCUT2D eigenvalue weighted by Gasteiger charge is -2.15. The van der Waals surface area contributed by atoms with Crippen molar-refractivity contribution in [1.82, 2.24) is 10.3 Å². The highest BCUT2D eigenvalue weighted by molar-refractivity contribution is 7.80. The van der Waals surface area contributed by atoms with Crippen LogP contribution in [0.4, 0.5) is 5.69 Å². The van der Waals surface area contributed by atoms with E-state index in [1.165, 1.54) is 7.11 Å². The first-order valence-electron chi connectivity index (χ1n) is 9.90. The number of carbonyl (C=O) groups excluding carboxylic acids is 1. The van der Waals surface area contributed by atoms with Crippen LogP contribution in [0.2, 0.25) is 10.0 Å². The number of rotatable bonds is 4. The van der Waals surface area contributed by atoms with Gasteiger partial charge in [-0.1, -0.05) is 41.4 Å². The highest BCUT2D eigenvalue weighted by atomic mass is 35.5. The van der Waals surface area contributed by atoms with Crippen molar-refractivity contribution in [3.05, 3.63) is 75.3 Å². The van der Waals surface area contributed by atoms with E-state index in [4.69, 9.17) is 44.6 Å². The zero-order valence-electron chi connectivity index (χ0n) is 18.0. The molecule has 0 saturated heterocycles. The third kappa shape index (κ3) is 4.66. The Morgan fingerprint density at radius 1 is 1.12 bits per heavy atom. The number of hydrogen-bond acceptors (Lipinski definition) is 5. The number of nitrogens with zero attached hydrogens (tertiary/aromatic N) is 1. The summed E-state index contributed by atoms with van der Waals surface area (Å²) in [6.07, 6.45) is 0. The van der Waals surface area contributed by atoms with Gasteiger partial charge in [-0.15, -0.1) is 0 Å². The molecule has 0 saturated carbocycles. The van der Waals surface area contributed by atoms with Gasteiger partial charge in [-0.25, -0.2) is 4.98 Å². The van der Waals surface area contributed by atoms with Crippen molar-refractivity contribution in [2.75, 3.05) is 12.4 Å². The van der Waals surface area contributed by atoms with Crippen molar-refractivity contribution < 1.29 is 13.9 Å². The molecule has 0 aliphatic heterocycles. The van der Waals surface area contributed by atoms with Crippen LogP contribution < -0.4 is 15.4 Å². The number of para-hydroxylation sites is 1. The normalized spacial score (nSPS) is 10.8. The quantitative estimate of drug-likeness (QED) is 0.310. The molecule has 168 valence electrons. The minimum absolute atomic E-state index is 0.149. The Bertz CT molecular complexity index is 1400. The Morgan fingerprint density at radius 2 is 1.88 bits per heavy atom. The first-order valence-corrected chi connectivity index (χ1v) is 11.1. The number of anilines is 1. The second-order valence-electron chi connectivity index (χ2n) is 7.30. The smallest absolute Gasteiger partial charge is 0.261 e. The van der Waals surface area contributed by atoms with Gasteiger partial charge in [0.25, 0.3) is 5.91 Å².